The van der Waals surface area contributed by atoms with Crippen LogP contribution in [0.15, 0.2) is 72.8 Å². The number of amides is 2. The predicted molar refractivity (Wildman–Crippen MR) is 117 cm³/mol. The summed E-state index contributed by atoms with van der Waals surface area (Å²) in [5, 5.41) is 0.506. The van der Waals surface area contributed by atoms with E-state index in [0.29, 0.717) is 28.6 Å². The molecule has 0 aliphatic carbocycles. The van der Waals surface area contributed by atoms with Crippen LogP contribution in [0.3, 0.4) is 0 Å². The van der Waals surface area contributed by atoms with E-state index in [0.717, 1.165) is 17.7 Å². The summed E-state index contributed by atoms with van der Waals surface area (Å²) >= 11 is 5.99. The van der Waals surface area contributed by atoms with Gasteiger partial charge in [0.2, 0.25) is 0 Å². The second kappa shape index (κ2) is 8.74. The standard InChI is InChI=1S/C24H20ClF3N2O2/c1-32-21-11-5-16(6-12-21)14-29-15-22(17-3-2-4-18(13-17)24(26,27)28)30(23(29)31)20-9-7-19(25)8-10-20/h2-13,22H,14-15H2,1H3/t22-/m1/s1. The minimum Gasteiger partial charge on any atom is -0.497 e. The maximum Gasteiger partial charge on any atom is 0.416 e. The quantitative estimate of drug-likeness (QED) is 0.432. The molecule has 0 N–H and O–H groups in total. The highest BCUT2D eigenvalue weighted by Gasteiger charge is 2.40. The Labute approximate surface area is 188 Å². The van der Waals surface area contributed by atoms with Gasteiger partial charge in [0, 0.05) is 23.8 Å². The van der Waals surface area contributed by atoms with Gasteiger partial charge in [0.1, 0.15) is 5.75 Å². The van der Waals surface area contributed by atoms with Gasteiger partial charge in [0.05, 0.1) is 18.7 Å². The molecule has 0 saturated carbocycles. The number of hydrogen-bond acceptors (Lipinski definition) is 2. The lowest BCUT2D eigenvalue weighted by Gasteiger charge is -2.24. The minimum absolute atomic E-state index is 0.245. The van der Waals surface area contributed by atoms with E-state index in [2.05, 4.69) is 0 Å². The number of carbonyl (C=O) groups is 1. The summed E-state index contributed by atoms with van der Waals surface area (Å²) in [6, 6.07) is 18.3. The first kappa shape index (κ1) is 22.0. The second-order valence-corrected chi connectivity index (χ2v) is 7.93. The molecule has 1 aliphatic rings. The maximum atomic E-state index is 13.4. The molecule has 1 atom stereocenters. The lowest BCUT2D eigenvalue weighted by Crippen LogP contribution is -2.32. The van der Waals surface area contributed by atoms with Gasteiger partial charge >= 0.3 is 12.2 Å². The Morgan fingerprint density at radius 3 is 2.34 bits per heavy atom. The molecule has 0 unspecified atom stereocenters. The van der Waals surface area contributed by atoms with Crippen molar-refractivity contribution >= 4 is 23.3 Å². The molecule has 0 radical (unpaired) electrons. The molecule has 2 amide bonds. The van der Waals surface area contributed by atoms with E-state index in [1.54, 1.807) is 54.5 Å². The average molecular weight is 461 g/mol. The summed E-state index contributed by atoms with van der Waals surface area (Å²) in [6.07, 6.45) is -4.47. The van der Waals surface area contributed by atoms with E-state index in [9.17, 15) is 18.0 Å². The molecule has 32 heavy (non-hydrogen) atoms. The molecular weight excluding hydrogens is 441 g/mol. The van der Waals surface area contributed by atoms with Crippen molar-refractivity contribution in [2.24, 2.45) is 0 Å². The summed E-state index contributed by atoms with van der Waals surface area (Å²) in [7, 11) is 1.57. The van der Waals surface area contributed by atoms with E-state index in [1.165, 1.54) is 11.0 Å². The van der Waals surface area contributed by atoms with Crippen LogP contribution in [-0.4, -0.2) is 24.6 Å². The maximum absolute atomic E-state index is 13.4. The highest BCUT2D eigenvalue weighted by molar-refractivity contribution is 6.30. The monoisotopic (exact) mass is 460 g/mol. The van der Waals surface area contributed by atoms with Crippen LogP contribution < -0.4 is 9.64 Å². The smallest absolute Gasteiger partial charge is 0.416 e. The number of hydrogen-bond donors (Lipinski definition) is 0. The number of alkyl halides is 3. The zero-order valence-corrected chi connectivity index (χ0v) is 17.9. The molecule has 0 spiro atoms. The van der Waals surface area contributed by atoms with Crippen molar-refractivity contribution in [1.29, 1.82) is 0 Å². The number of nitrogens with zero attached hydrogens (tertiary/aromatic N) is 2. The molecule has 166 valence electrons. The fourth-order valence-corrected chi connectivity index (χ4v) is 3.93. The first-order chi connectivity index (χ1) is 15.3. The molecule has 8 heteroatoms. The summed E-state index contributed by atoms with van der Waals surface area (Å²) < 4.78 is 45.1. The molecular formula is C24H20ClF3N2O2. The molecule has 1 aliphatic heterocycles. The third-order valence-corrected chi connectivity index (χ3v) is 5.67. The summed E-state index contributed by atoms with van der Waals surface area (Å²) in [4.78, 5) is 16.5. The van der Waals surface area contributed by atoms with Crippen LogP contribution in [0.2, 0.25) is 5.02 Å². The average Bonchev–Trinajstić information content (AvgIpc) is 3.10. The van der Waals surface area contributed by atoms with Crippen LogP contribution in [0.1, 0.15) is 22.7 Å². The highest BCUT2D eigenvalue weighted by Crippen LogP contribution is 2.38. The van der Waals surface area contributed by atoms with Crippen LogP contribution in [0, 0.1) is 0 Å². The van der Waals surface area contributed by atoms with E-state index >= 15 is 0 Å². The number of carbonyl (C=O) groups excluding carboxylic acids is 1. The molecule has 1 heterocycles. The summed E-state index contributed by atoms with van der Waals surface area (Å²) in [6.45, 7) is 0.567. The van der Waals surface area contributed by atoms with Crippen molar-refractivity contribution in [1.82, 2.24) is 4.90 Å². The Bertz CT molecular complexity index is 1100. The van der Waals surface area contributed by atoms with Crippen molar-refractivity contribution in [3.8, 4) is 5.75 Å². The summed E-state index contributed by atoms with van der Waals surface area (Å²) in [5.41, 5.74) is 1.13. The Morgan fingerprint density at radius 1 is 1.03 bits per heavy atom. The molecule has 3 aromatic rings. The normalized spacial score (nSPS) is 16.5. The number of anilines is 1. The first-order valence-electron chi connectivity index (χ1n) is 9.90. The van der Waals surface area contributed by atoms with Crippen molar-refractivity contribution in [3.05, 3.63) is 94.5 Å². The third-order valence-electron chi connectivity index (χ3n) is 5.42. The first-order valence-corrected chi connectivity index (χ1v) is 10.3. The second-order valence-electron chi connectivity index (χ2n) is 7.50. The van der Waals surface area contributed by atoms with Crippen LogP contribution in [0.4, 0.5) is 23.7 Å². The van der Waals surface area contributed by atoms with E-state index in [4.69, 9.17) is 16.3 Å². The van der Waals surface area contributed by atoms with Gasteiger partial charge in [0.25, 0.3) is 0 Å². The highest BCUT2D eigenvalue weighted by atomic mass is 35.5. The zero-order valence-electron chi connectivity index (χ0n) is 17.1. The van der Waals surface area contributed by atoms with Gasteiger partial charge in [-0.15, -0.1) is 0 Å². The van der Waals surface area contributed by atoms with E-state index in [-0.39, 0.29) is 12.6 Å². The van der Waals surface area contributed by atoms with Crippen LogP contribution in [0.5, 0.6) is 5.75 Å². The fraction of sp³-hybridized carbons (Fsp3) is 0.208. The topological polar surface area (TPSA) is 32.8 Å². The van der Waals surface area contributed by atoms with Gasteiger partial charge in [-0.3, -0.25) is 4.90 Å². The number of ether oxygens (including phenoxy) is 1. The van der Waals surface area contributed by atoms with E-state index < -0.39 is 17.8 Å². The molecule has 0 aromatic heterocycles. The third kappa shape index (κ3) is 4.53. The van der Waals surface area contributed by atoms with Crippen molar-refractivity contribution < 1.29 is 22.7 Å². The summed E-state index contributed by atoms with van der Waals surface area (Å²) in [5.74, 6) is 0.700. The van der Waals surface area contributed by atoms with Gasteiger partial charge in [-0.2, -0.15) is 13.2 Å². The lowest BCUT2D eigenvalue weighted by atomic mass is 10.0. The molecule has 0 bridgehead atoms. The largest absolute Gasteiger partial charge is 0.497 e. The van der Waals surface area contributed by atoms with Gasteiger partial charge < -0.3 is 9.64 Å². The predicted octanol–water partition coefficient (Wildman–Crippen LogP) is 6.55. The number of rotatable bonds is 5. The zero-order chi connectivity index (χ0) is 22.9. The van der Waals surface area contributed by atoms with Crippen molar-refractivity contribution in [3.63, 3.8) is 0 Å². The molecule has 4 nitrogen and oxygen atoms in total. The van der Waals surface area contributed by atoms with Crippen molar-refractivity contribution in [2.75, 3.05) is 18.6 Å². The Hall–Kier alpha value is -3.19. The fourth-order valence-electron chi connectivity index (χ4n) is 3.81. The number of urea groups is 1. The van der Waals surface area contributed by atoms with Gasteiger partial charge in [0.15, 0.2) is 0 Å². The Morgan fingerprint density at radius 2 is 1.72 bits per heavy atom. The van der Waals surface area contributed by atoms with Crippen LogP contribution in [-0.2, 0) is 12.7 Å². The number of methoxy groups -OCH3 is 1. The Kier molecular flexibility index (Phi) is 6.02. The van der Waals surface area contributed by atoms with Crippen molar-refractivity contribution in [2.45, 2.75) is 18.8 Å². The van der Waals surface area contributed by atoms with E-state index in [1.807, 2.05) is 12.1 Å². The Balaban J connectivity index is 1.69. The molecule has 1 saturated heterocycles. The van der Waals surface area contributed by atoms with Gasteiger partial charge in [-0.25, -0.2) is 4.79 Å². The van der Waals surface area contributed by atoms with Crippen LogP contribution in [0.25, 0.3) is 0 Å². The molecule has 4 rings (SSSR count). The number of halogens is 4. The molecule has 3 aromatic carbocycles. The molecule has 1 fully saturated rings. The van der Waals surface area contributed by atoms with Gasteiger partial charge in [-0.1, -0.05) is 35.9 Å². The van der Waals surface area contributed by atoms with Gasteiger partial charge in [-0.05, 0) is 59.7 Å². The van der Waals surface area contributed by atoms with Crippen LogP contribution >= 0.6 is 11.6 Å². The number of benzene rings is 3. The SMILES string of the molecule is COc1ccc(CN2C[C@H](c3cccc(C(F)(F)F)c3)N(c3ccc(Cl)cc3)C2=O)cc1. The minimum atomic E-state index is -4.47. The lowest BCUT2D eigenvalue weighted by molar-refractivity contribution is -0.137.